The van der Waals surface area contributed by atoms with E-state index in [2.05, 4.69) is 10.6 Å². The van der Waals surface area contributed by atoms with Gasteiger partial charge in [-0.05, 0) is 43.5 Å². The van der Waals surface area contributed by atoms with Crippen LogP contribution in [0.3, 0.4) is 0 Å². The summed E-state index contributed by atoms with van der Waals surface area (Å²) in [5, 5.41) is 5.39. The molecule has 0 bridgehead atoms. The quantitative estimate of drug-likeness (QED) is 0.649. The molecule has 8 heteroatoms. The van der Waals surface area contributed by atoms with Gasteiger partial charge < -0.3 is 10.6 Å². The fraction of sp³-hybridized carbons (Fsp3) is 0.364. The van der Waals surface area contributed by atoms with E-state index in [0.717, 1.165) is 10.5 Å². The highest BCUT2D eigenvalue weighted by Gasteiger charge is 2.27. The third-order valence-electron chi connectivity index (χ3n) is 4.95. The molecule has 0 saturated heterocycles. The summed E-state index contributed by atoms with van der Waals surface area (Å²) in [6, 6.07) is 12.8. The zero-order chi connectivity index (χ0) is 21.7. The van der Waals surface area contributed by atoms with Gasteiger partial charge in [-0.1, -0.05) is 36.8 Å². The number of aryl methyl sites for hydroxylation is 1. The van der Waals surface area contributed by atoms with E-state index in [4.69, 9.17) is 0 Å². The molecule has 2 N–H and O–H groups in total. The average molecular weight is 447 g/mol. The van der Waals surface area contributed by atoms with Crippen molar-refractivity contribution in [2.24, 2.45) is 0 Å². The number of fused-ring (bicyclic) bond motifs is 1. The van der Waals surface area contributed by atoms with E-state index in [1.807, 2.05) is 38.1 Å². The standard InChI is InChI=1S/C22H26N2O4S2/c1-3-19-22(26)24-18-14-17(8-9-20(18)29-19)30(27,28)13-11-21(25)23-12-10-16-6-4-15(2)5-7-16/h4-9,14,19H,3,10-13H2,1-2H3,(H,23,25)(H,24,26)/t19-/m0/s1. The molecule has 2 aromatic carbocycles. The lowest BCUT2D eigenvalue weighted by Crippen LogP contribution is -2.29. The number of hydrogen-bond acceptors (Lipinski definition) is 5. The molecule has 1 heterocycles. The number of nitrogens with one attached hydrogen (secondary N) is 2. The molecule has 0 aromatic heterocycles. The van der Waals surface area contributed by atoms with E-state index in [-0.39, 0.29) is 34.1 Å². The molecule has 30 heavy (non-hydrogen) atoms. The van der Waals surface area contributed by atoms with Crippen LogP contribution in [0.2, 0.25) is 0 Å². The number of benzene rings is 2. The summed E-state index contributed by atoms with van der Waals surface area (Å²) in [6.07, 6.45) is 1.29. The Kier molecular flexibility index (Phi) is 7.20. The van der Waals surface area contributed by atoms with E-state index >= 15 is 0 Å². The van der Waals surface area contributed by atoms with E-state index in [1.54, 1.807) is 12.1 Å². The van der Waals surface area contributed by atoms with Crippen molar-refractivity contribution in [3.63, 3.8) is 0 Å². The zero-order valence-electron chi connectivity index (χ0n) is 17.1. The molecular weight excluding hydrogens is 420 g/mol. The minimum absolute atomic E-state index is 0.105. The Morgan fingerprint density at radius 3 is 2.60 bits per heavy atom. The van der Waals surface area contributed by atoms with Gasteiger partial charge in [-0.15, -0.1) is 11.8 Å². The SMILES string of the molecule is CC[C@@H]1Sc2ccc(S(=O)(=O)CCC(=O)NCCc3ccc(C)cc3)cc2NC1=O. The van der Waals surface area contributed by atoms with E-state index in [0.29, 0.717) is 25.1 Å². The Bertz CT molecular complexity index is 1030. The summed E-state index contributed by atoms with van der Waals surface area (Å²) in [4.78, 5) is 25.1. The first kappa shape index (κ1) is 22.4. The first-order chi connectivity index (χ1) is 14.3. The van der Waals surface area contributed by atoms with Gasteiger partial charge >= 0.3 is 0 Å². The van der Waals surface area contributed by atoms with Crippen molar-refractivity contribution in [3.05, 3.63) is 53.6 Å². The minimum Gasteiger partial charge on any atom is -0.356 e. The van der Waals surface area contributed by atoms with Gasteiger partial charge in [-0.3, -0.25) is 9.59 Å². The smallest absolute Gasteiger partial charge is 0.237 e. The summed E-state index contributed by atoms with van der Waals surface area (Å²) < 4.78 is 25.3. The number of thioether (sulfide) groups is 1. The van der Waals surface area contributed by atoms with Gasteiger partial charge in [0.05, 0.1) is 21.6 Å². The van der Waals surface area contributed by atoms with Gasteiger partial charge in [-0.25, -0.2) is 8.42 Å². The third-order valence-corrected chi connectivity index (χ3v) is 8.11. The van der Waals surface area contributed by atoms with Crippen molar-refractivity contribution in [1.29, 1.82) is 0 Å². The second kappa shape index (κ2) is 9.66. The van der Waals surface area contributed by atoms with Gasteiger partial charge in [0.1, 0.15) is 0 Å². The van der Waals surface area contributed by atoms with Crippen LogP contribution in [-0.2, 0) is 25.8 Å². The maximum Gasteiger partial charge on any atom is 0.237 e. The van der Waals surface area contributed by atoms with E-state index in [1.165, 1.54) is 23.4 Å². The summed E-state index contributed by atoms with van der Waals surface area (Å²) in [6.45, 7) is 4.42. The lowest BCUT2D eigenvalue weighted by Gasteiger charge is -2.23. The zero-order valence-corrected chi connectivity index (χ0v) is 18.7. The maximum atomic E-state index is 12.7. The molecule has 0 spiro atoms. The summed E-state index contributed by atoms with van der Waals surface area (Å²) in [5.41, 5.74) is 2.81. The lowest BCUT2D eigenvalue weighted by atomic mass is 10.1. The van der Waals surface area contributed by atoms with Crippen LogP contribution >= 0.6 is 11.8 Å². The molecule has 1 atom stereocenters. The summed E-state index contributed by atoms with van der Waals surface area (Å²) in [7, 11) is -3.63. The van der Waals surface area contributed by atoms with Crippen LogP contribution in [0.4, 0.5) is 5.69 Å². The Balaban J connectivity index is 1.53. The highest BCUT2D eigenvalue weighted by atomic mass is 32.2. The third kappa shape index (κ3) is 5.64. The number of amides is 2. The topological polar surface area (TPSA) is 92.3 Å². The van der Waals surface area contributed by atoms with E-state index < -0.39 is 9.84 Å². The monoisotopic (exact) mass is 446 g/mol. The molecule has 0 radical (unpaired) electrons. The number of rotatable bonds is 8. The number of carbonyl (C=O) groups is 2. The second-order valence-electron chi connectivity index (χ2n) is 7.32. The van der Waals surface area contributed by atoms with Crippen molar-refractivity contribution >= 4 is 39.1 Å². The first-order valence-corrected chi connectivity index (χ1v) is 12.5. The summed E-state index contributed by atoms with van der Waals surface area (Å²) in [5.74, 6) is -0.684. The van der Waals surface area contributed by atoms with Crippen LogP contribution in [0.1, 0.15) is 30.9 Å². The minimum atomic E-state index is -3.63. The number of sulfone groups is 1. The number of carbonyl (C=O) groups excluding carboxylic acids is 2. The van der Waals surface area contributed by atoms with Crippen molar-refractivity contribution in [2.45, 2.75) is 48.2 Å². The Morgan fingerprint density at radius 2 is 1.90 bits per heavy atom. The Labute approximate surface area is 181 Å². The van der Waals surface area contributed by atoms with Crippen LogP contribution in [0.25, 0.3) is 0 Å². The average Bonchev–Trinajstić information content (AvgIpc) is 2.73. The highest BCUT2D eigenvalue weighted by Crippen LogP contribution is 2.38. The predicted octanol–water partition coefficient (Wildman–Crippen LogP) is 3.34. The molecule has 0 saturated carbocycles. The van der Waals surface area contributed by atoms with Crippen LogP contribution in [-0.4, -0.2) is 37.8 Å². The molecule has 160 valence electrons. The van der Waals surface area contributed by atoms with E-state index in [9.17, 15) is 18.0 Å². The van der Waals surface area contributed by atoms with Crippen molar-refractivity contribution in [1.82, 2.24) is 5.32 Å². The molecule has 2 aromatic rings. The molecule has 0 fully saturated rings. The van der Waals surface area contributed by atoms with Crippen LogP contribution < -0.4 is 10.6 Å². The van der Waals surface area contributed by atoms with Gasteiger partial charge in [0, 0.05) is 17.9 Å². The number of hydrogen-bond donors (Lipinski definition) is 2. The molecular formula is C22H26N2O4S2. The van der Waals surface area contributed by atoms with Crippen molar-refractivity contribution in [3.8, 4) is 0 Å². The fourth-order valence-corrected chi connectivity index (χ4v) is 5.41. The van der Waals surface area contributed by atoms with Crippen LogP contribution in [0, 0.1) is 6.92 Å². The molecule has 0 unspecified atom stereocenters. The molecule has 0 aliphatic carbocycles. The molecule has 1 aliphatic rings. The van der Waals surface area contributed by atoms with Gasteiger partial charge in [0.25, 0.3) is 0 Å². The first-order valence-electron chi connectivity index (χ1n) is 9.95. The maximum absolute atomic E-state index is 12.7. The summed E-state index contributed by atoms with van der Waals surface area (Å²) >= 11 is 1.44. The highest BCUT2D eigenvalue weighted by molar-refractivity contribution is 8.01. The van der Waals surface area contributed by atoms with Crippen LogP contribution in [0.15, 0.2) is 52.3 Å². The molecule has 3 rings (SSSR count). The number of anilines is 1. The van der Waals surface area contributed by atoms with Gasteiger partial charge in [0.15, 0.2) is 9.84 Å². The Morgan fingerprint density at radius 1 is 1.17 bits per heavy atom. The van der Waals surface area contributed by atoms with Gasteiger partial charge in [-0.2, -0.15) is 0 Å². The molecule has 6 nitrogen and oxygen atoms in total. The predicted molar refractivity (Wildman–Crippen MR) is 120 cm³/mol. The van der Waals surface area contributed by atoms with Crippen LogP contribution in [0.5, 0.6) is 0 Å². The fourth-order valence-electron chi connectivity index (χ4n) is 3.13. The molecule has 1 aliphatic heterocycles. The normalized spacial score (nSPS) is 15.9. The lowest BCUT2D eigenvalue weighted by molar-refractivity contribution is -0.120. The van der Waals surface area contributed by atoms with Crippen molar-refractivity contribution < 1.29 is 18.0 Å². The van der Waals surface area contributed by atoms with Gasteiger partial charge in [0.2, 0.25) is 11.8 Å². The molecule has 2 amide bonds. The van der Waals surface area contributed by atoms with Crippen molar-refractivity contribution in [2.75, 3.05) is 17.6 Å². The Hall–Kier alpha value is -2.32. The largest absolute Gasteiger partial charge is 0.356 e. The second-order valence-corrected chi connectivity index (χ2v) is 10.7.